The van der Waals surface area contributed by atoms with Crippen molar-refractivity contribution in [1.29, 1.82) is 0 Å². The van der Waals surface area contributed by atoms with Gasteiger partial charge in [0.05, 0.1) is 13.0 Å². The van der Waals surface area contributed by atoms with E-state index >= 15 is 0 Å². The molecule has 0 aromatic heterocycles. The normalized spacial score (nSPS) is 23.3. The fraction of sp³-hybridized carbons (Fsp3) is 0.915. The van der Waals surface area contributed by atoms with Crippen LogP contribution in [-0.2, 0) is 38.1 Å². The van der Waals surface area contributed by atoms with Gasteiger partial charge in [0.2, 0.25) is 0 Å². The number of carbonyl (C=O) groups is 4. The molecule has 3 saturated heterocycles. The van der Waals surface area contributed by atoms with E-state index < -0.39 is 0 Å². The van der Waals surface area contributed by atoms with E-state index in [4.69, 9.17) is 18.9 Å². The number of carbonyl (C=O) groups excluding carboxylic acids is 4. The fourth-order valence-electron chi connectivity index (χ4n) is 10.1. The monoisotopic (exact) mass is 822 g/mol. The highest BCUT2D eigenvalue weighted by Gasteiger charge is 2.47. The molecule has 0 aromatic rings. The van der Waals surface area contributed by atoms with Crippen LogP contribution in [0.15, 0.2) is 0 Å². The molecule has 0 unspecified atom stereocenters. The number of methoxy groups -OCH3 is 1. The molecule has 338 valence electrons. The molecule has 58 heavy (non-hydrogen) atoms. The maximum Gasteiger partial charge on any atom is 0.306 e. The summed E-state index contributed by atoms with van der Waals surface area (Å²) in [6.07, 6.45) is 12.5. The molecule has 0 aliphatic carbocycles. The van der Waals surface area contributed by atoms with E-state index in [2.05, 4.69) is 112 Å². The lowest BCUT2D eigenvalue weighted by Gasteiger charge is -2.54. The number of piperidine rings is 3. The van der Waals surface area contributed by atoms with Crippen molar-refractivity contribution >= 4 is 23.7 Å². The average Bonchev–Trinajstić information content (AvgIpc) is 3.05. The zero-order valence-corrected chi connectivity index (χ0v) is 40.1. The Morgan fingerprint density at radius 2 is 0.759 bits per heavy atom. The van der Waals surface area contributed by atoms with Crippen LogP contribution >= 0.6 is 0 Å². The number of unbranched alkanes of at least 4 members (excludes halogenated alkanes) is 5. The van der Waals surface area contributed by atoms with Crippen molar-refractivity contribution < 1.29 is 38.1 Å². The zero-order valence-electron chi connectivity index (χ0n) is 40.1. The van der Waals surface area contributed by atoms with Gasteiger partial charge < -0.3 is 23.7 Å². The third kappa shape index (κ3) is 16.4. The van der Waals surface area contributed by atoms with Crippen LogP contribution in [-0.4, -0.2) is 124 Å². The van der Waals surface area contributed by atoms with Crippen molar-refractivity contribution in [1.82, 2.24) is 14.7 Å². The molecular weight excluding hydrogens is 735 g/mol. The van der Waals surface area contributed by atoms with Crippen molar-refractivity contribution in [3.05, 3.63) is 0 Å². The van der Waals surface area contributed by atoms with Crippen LogP contribution in [0.4, 0.5) is 0 Å². The summed E-state index contributed by atoms with van der Waals surface area (Å²) in [6.45, 7) is 29.6. The molecule has 0 bridgehead atoms. The first kappa shape index (κ1) is 52.1. The van der Waals surface area contributed by atoms with Crippen LogP contribution in [0.5, 0.6) is 0 Å². The number of ether oxygens (including phenoxy) is 4. The first-order chi connectivity index (χ1) is 26.5. The number of likely N-dealkylation sites (tertiary alicyclic amines) is 3. The molecule has 0 saturated carbocycles. The quantitative estimate of drug-likeness (QED) is 0.0750. The molecule has 0 spiro atoms. The van der Waals surface area contributed by atoms with Crippen molar-refractivity contribution in [3.8, 4) is 0 Å². The first-order valence-corrected chi connectivity index (χ1v) is 22.4. The number of hydrogen-bond donors (Lipinski definition) is 0. The Labute approximate surface area is 354 Å². The second-order valence-electron chi connectivity index (χ2n) is 21.5. The van der Waals surface area contributed by atoms with Crippen LogP contribution in [0, 0.1) is 0 Å². The molecule has 3 aliphatic heterocycles. The summed E-state index contributed by atoms with van der Waals surface area (Å²) in [4.78, 5) is 54.9. The van der Waals surface area contributed by atoms with Crippen molar-refractivity contribution in [2.45, 2.75) is 244 Å². The second-order valence-corrected chi connectivity index (χ2v) is 21.5. The average molecular weight is 822 g/mol. The molecule has 0 atom stereocenters. The lowest BCUT2D eigenvalue weighted by Crippen LogP contribution is -2.62. The zero-order chi connectivity index (χ0) is 44.3. The predicted octanol–water partition coefficient (Wildman–Crippen LogP) is 9.06. The van der Waals surface area contributed by atoms with Crippen molar-refractivity contribution in [2.24, 2.45) is 0 Å². The summed E-state index contributed by atoms with van der Waals surface area (Å²) in [6, 6.07) is 0. The maximum absolute atomic E-state index is 12.4. The third-order valence-corrected chi connectivity index (χ3v) is 13.6. The molecule has 3 rings (SSSR count). The molecule has 0 radical (unpaired) electrons. The van der Waals surface area contributed by atoms with E-state index in [0.29, 0.717) is 19.4 Å². The molecule has 11 nitrogen and oxygen atoms in total. The maximum atomic E-state index is 12.4. The highest BCUT2D eigenvalue weighted by molar-refractivity contribution is 5.81. The number of hydrogen-bond acceptors (Lipinski definition) is 11. The minimum absolute atomic E-state index is 0.00474. The van der Waals surface area contributed by atoms with E-state index in [0.717, 1.165) is 83.6 Å². The minimum atomic E-state index is -0.267. The Hall–Kier alpha value is -2.08. The molecular formula is C47H87N3O8. The van der Waals surface area contributed by atoms with Crippen molar-refractivity contribution in [3.63, 3.8) is 0 Å². The Bertz CT molecular complexity index is 1220. The van der Waals surface area contributed by atoms with Crippen LogP contribution < -0.4 is 0 Å². The topological polar surface area (TPSA) is 115 Å². The van der Waals surface area contributed by atoms with Gasteiger partial charge in [-0.15, -0.1) is 0 Å². The summed E-state index contributed by atoms with van der Waals surface area (Å²) in [5, 5.41) is 0. The van der Waals surface area contributed by atoms with Gasteiger partial charge in [-0.3, -0.25) is 29.1 Å². The fourth-order valence-corrected chi connectivity index (χ4v) is 10.1. The van der Waals surface area contributed by atoms with Gasteiger partial charge in [0, 0.05) is 105 Å². The van der Waals surface area contributed by atoms with E-state index in [1.165, 1.54) is 6.92 Å². The van der Waals surface area contributed by atoms with Gasteiger partial charge in [-0.05, 0) is 117 Å². The van der Waals surface area contributed by atoms with Crippen LogP contribution in [0.2, 0.25) is 0 Å². The highest BCUT2D eigenvalue weighted by Crippen LogP contribution is 2.41. The van der Waals surface area contributed by atoms with Crippen LogP contribution in [0.25, 0.3) is 0 Å². The summed E-state index contributed by atoms with van der Waals surface area (Å²) >= 11 is 0. The molecule has 11 heteroatoms. The number of nitrogens with zero attached hydrogens (tertiary/aromatic N) is 3. The SMILES string of the molecule is CN1C(C)(C)CC(OC(=O)CCCCCCCCC(=O)OC2CC(C)(C)N(C)C(C)(C)C2)CC1(C)C.COCCN1C(C)(C)CC(OC(=O)CCC(C)=O)CC1(C)C. The Kier molecular flexibility index (Phi) is 19.4. The predicted molar refractivity (Wildman–Crippen MR) is 233 cm³/mol. The number of ketones is 1. The lowest BCUT2D eigenvalue weighted by molar-refractivity contribution is -0.162. The summed E-state index contributed by atoms with van der Waals surface area (Å²) in [5.41, 5.74) is -0.0186. The third-order valence-electron chi connectivity index (χ3n) is 13.6. The molecule has 3 aliphatic rings. The van der Waals surface area contributed by atoms with Gasteiger partial charge in [-0.25, -0.2) is 0 Å². The van der Waals surface area contributed by atoms with E-state index in [-0.39, 0.29) is 88.1 Å². The van der Waals surface area contributed by atoms with Gasteiger partial charge in [-0.2, -0.15) is 0 Å². The molecule has 3 fully saturated rings. The summed E-state index contributed by atoms with van der Waals surface area (Å²) in [5.74, 6) is -0.359. The van der Waals surface area contributed by atoms with E-state index in [9.17, 15) is 19.2 Å². The summed E-state index contributed by atoms with van der Waals surface area (Å²) in [7, 11) is 6.04. The molecule has 0 amide bonds. The Morgan fingerprint density at radius 3 is 1.07 bits per heavy atom. The lowest BCUT2D eigenvalue weighted by atomic mass is 9.78. The Morgan fingerprint density at radius 1 is 0.466 bits per heavy atom. The number of rotatable bonds is 18. The smallest absolute Gasteiger partial charge is 0.306 e. The second kappa shape index (κ2) is 21.6. The standard InChI is InChI=1S/C30H56N2O4.C17H31NO4/c1-27(2)19-23(20-28(3,4)31(27)9)35-25(33)17-15-13-11-12-14-16-18-26(34)36-24-21-29(5,6)32(10)30(7,8)22-24;1-13(19)7-8-15(20)22-14-11-16(2,3)18(9-10-21-6)17(4,5)12-14/h23-24H,11-22H2,1-10H3;14H,7-12H2,1-6H3. The molecule has 0 N–H and O–H groups in total. The van der Waals surface area contributed by atoms with Gasteiger partial charge in [-0.1, -0.05) is 25.7 Å². The Balaban J connectivity index is 0.000000451. The van der Waals surface area contributed by atoms with E-state index in [1.807, 2.05) is 0 Å². The van der Waals surface area contributed by atoms with E-state index in [1.54, 1.807) is 7.11 Å². The van der Waals surface area contributed by atoms with Gasteiger partial charge in [0.15, 0.2) is 0 Å². The van der Waals surface area contributed by atoms with Crippen LogP contribution in [0.3, 0.4) is 0 Å². The molecule has 3 heterocycles. The number of Topliss-reactive ketones (excluding diaryl/α,β-unsaturated/α-hetero) is 1. The van der Waals surface area contributed by atoms with Gasteiger partial charge in [0.25, 0.3) is 0 Å². The minimum Gasteiger partial charge on any atom is -0.462 e. The van der Waals surface area contributed by atoms with Crippen LogP contribution in [0.1, 0.15) is 193 Å². The summed E-state index contributed by atoms with van der Waals surface area (Å²) < 4.78 is 22.5. The highest BCUT2D eigenvalue weighted by atomic mass is 16.6. The largest absolute Gasteiger partial charge is 0.462 e. The van der Waals surface area contributed by atoms with Crippen molar-refractivity contribution in [2.75, 3.05) is 34.4 Å². The number of esters is 3. The van der Waals surface area contributed by atoms with Gasteiger partial charge in [0.1, 0.15) is 24.1 Å². The molecule has 0 aromatic carbocycles. The van der Waals surface area contributed by atoms with Gasteiger partial charge >= 0.3 is 17.9 Å². The first-order valence-electron chi connectivity index (χ1n) is 22.4.